The lowest BCUT2D eigenvalue weighted by atomic mass is 10.2. The number of ether oxygens (including phenoxy) is 3. The van der Waals surface area contributed by atoms with E-state index in [9.17, 15) is 22.8 Å². The minimum absolute atomic E-state index is 0.0241. The number of rotatable bonds is 6. The molecule has 3 aromatic carbocycles. The largest absolute Gasteiger partial charge is 0.480 e. The van der Waals surface area contributed by atoms with Crippen LogP contribution >= 0.6 is 23.2 Å². The fraction of sp³-hybridized carbons (Fsp3) is 0.0833. The highest BCUT2D eigenvalue weighted by atomic mass is 35.5. The number of hydrogen-bond donors (Lipinski definition) is 0. The second kappa shape index (κ2) is 9.89. The molecule has 11 heteroatoms. The average molecular weight is 525 g/mol. The Hall–Kier alpha value is -3.69. The van der Waals surface area contributed by atoms with Gasteiger partial charge in [0.25, 0.3) is 5.76 Å². The highest BCUT2D eigenvalue weighted by Crippen LogP contribution is 2.38. The first-order chi connectivity index (χ1) is 16.6. The van der Waals surface area contributed by atoms with Gasteiger partial charge in [0.1, 0.15) is 22.8 Å². The van der Waals surface area contributed by atoms with E-state index in [1.807, 2.05) is 0 Å². The maximum Gasteiger partial charge on any atom is 0.453 e. The molecule has 0 saturated heterocycles. The molecule has 0 spiro atoms. The van der Waals surface area contributed by atoms with Gasteiger partial charge in [0.2, 0.25) is 11.2 Å². The molecule has 0 bridgehead atoms. The van der Waals surface area contributed by atoms with E-state index < -0.39 is 41.3 Å². The summed E-state index contributed by atoms with van der Waals surface area (Å²) in [6.07, 6.45) is -5.03. The SMILES string of the molecule is O=C(COc1ccc(Cl)cc1Cl)Oc1ccc2c(=O)c(Oc3ccccc3)c(C(F)(F)F)oc2c1. The topological polar surface area (TPSA) is 75.0 Å². The Balaban J connectivity index is 1.60. The fourth-order valence-corrected chi connectivity index (χ4v) is 3.46. The van der Waals surface area contributed by atoms with E-state index in [4.69, 9.17) is 41.8 Å². The molecule has 0 unspecified atom stereocenters. The highest BCUT2D eigenvalue weighted by molar-refractivity contribution is 6.35. The first kappa shape index (κ1) is 24.4. The molecule has 0 saturated carbocycles. The molecule has 0 N–H and O–H groups in total. The molecule has 1 aromatic heterocycles. The van der Waals surface area contributed by atoms with Crippen molar-refractivity contribution in [3.05, 3.63) is 92.8 Å². The van der Waals surface area contributed by atoms with Crippen LogP contribution in [0.3, 0.4) is 0 Å². The zero-order valence-corrected chi connectivity index (χ0v) is 18.9. The molecule has 4 rings (SSSR count). The quantitative estimate of drug-likeness (QED) is 0.202. The fourth-order valence-electron chi connectivity index (χ4n) is 3.00. The van der Waals surface area contributed by atoms with Crippen LogP contribution in [0.5, 0.6) is 23.0 Å². The van der Waals surface area contributed by atoms with Gasteiger partial charge in [-0.1, -0.05) is 41.4 Å². The molecule has 0 aliphatic rings. The summed E-state index contributed by atoms with van der Waals surface area (Å²) in [5.41, 5.74) is -1.49. The molecule has 0 aliphatic heterocycles. The van der Waals surface area contributed by atoms with Gasteiger partial charge in [-0.2, -0.15) is 13.2 Å². The van der Waals surface area contributed by atoms with Gasteiger partial charge in [-0.25, -0.2) is 4.79 Å². The predicted molar refractivity (Wildman–Crippen MR) is 122 cm³/mol. The molecule has 6 nitrogen and oxygen atoms in total. The van der Waals surface area contributed by atoms with Crippen molar-refractivity contribution in [2.45, 2.75) is 6.18 Å². The van der Waals surface area contributed by atoms with Crippen LogP contribution in [0.1, 0.15) is 5.76 Å². The normalized spacial score (nSPS) is 11.3. The number of benzene rings is 3. The number of alkyl halides is 3. The van der Waals surface area contributed by atoms with Gasteiger partial charge < -0.3 is 18.6 Å². The zero-order valence-electron chi connectivity index (χ0n) is 17.4. The van der Waals surface area contributed by atoms with Crippen molar-refractivity contribution < 1.29 is 36.6 Å². The summed E-state index contributed by atoms with van der Waals surface area (Å²) < 4.78 is 61.5. The predicted octanol–water partition coefficient (Wildman–Crippen LogP) is 6.90. The third kappa shape index (κ3) is 5.70. The summed E-state index contributed by atoms with van der Waals surface area (Å²) in [7, 11) is 0. The Morgan fingerprint density at radius 1 is 0.943 bits per heavy atom. The minimum atomic E-state index is -5.03. The Morgan fingerprint density at radius 3 is 2.37 bits per heavy atom. The third-order valence-electron chi connectivity index (χ3n) is 4.51. The second-order valence-corrected chi connectivity index (χ2v) is 7.84. The standard InChI is InChI=1S/C24H13Cl2F3O6/c25-13-6-9-18(17(26)10-13)32-12-20(30)33-15-7-8-16-19(11-15)35-23(24(27,28)29)22(21(16)31)34-14-4-2-1-3-5-14/h1-11H,12H2. The van der Waals surface area contributed by atoms with Crippen LogP contribution in [0, 0.1) is 0 Å². The van der Waals surface area contributed by atoms with Crippen molar-refractivity contribution in [1.29, 1.82) is 0 Å². The van der Waals surface area contributed by atoms with Crippen molar-refractivity contribution in [2.24, 2.45) is 0 Å². The number of esters is 1. The van der Waals surface area contributed by atoms with Gasteiger partial charge in [0, 0.05) is 11.1 Å². The van der Waals surface area contributed by atoms with Gasteiger partial charge in [0.15, 0.2) is 6.61 Å². The Morgan fingerprint density at radius 2 is 1.69 bits per heavy atom. The second-order valence-electron chi connectivity index (χ2n) is 7.00. The molecule has 180 valence electrons. The van der Waals surface area contributed by atoms with Gasteiger partial charge in [-0.15, -0.1) is 0 Å². The Kier molecular flexibility index (Phi) is 6.90. The van der Waals surface area contributed by atoms with Crippen LogP contribution in [0.4, 0.5) is 13.2 Å². The van der Waals surface area contributed by atoms with Crippen LogP contribution in [0.2, 0.25) is 10.0 Å². The average Bonchev–Trinajstić information content (AvgIpc) is 2.80. The maximum absolute atomic E-state index is 13.7. The number of carbonyl (C=O) groups is 1. The Bertz CT molecular complexity index is 1450. The van der Waals surface area contributed by atoms with Crippen LogP contribution in [0.15, 0.2) is 75.9 Å². The van der Waals surface area contributed by atoms with Crippen molar-refractivity contribution in [1.82, 2.24) is 0 Å². The number of para-hydroxylation sites is 1. The number of halogens is 5. The minimum Gasteiger partial charge on any atom is -0.480 e. The molecule has 0 amide bonds. The van der Waals surface area contributed by atoms with E-state index in [0.717, 1.165) is 6.07 Å². The Labute approximate surface area is 205 Å². The van der Waals surface area contributed by atoms with Gasteiger partial charge in [-0.3, -0.25) is 4.79 Å². The molecular formula is C24H13Cl2F3O6. The number of fused-ring (bicyclic) bond motifs is 1. The van der Waals surface area contributed by atoms with Crippen LogP contribution in [-0.2, 0) is 11.0 Å². The molecule has 0 atom stereocenters. The van der Waals surface area contributed by atoms with E-state index in [-0.39, 0.29) is 27.7 Å². The monoisotopic (exact) mass is 524 g/mol. The summed E-state index contributed by atoms with van der Waals surface area (Å²) in [5, 5.41) is 0.344. The maximum atomic E-state index is 13.7. The summed E-state index contributed by atoms with van der Waals surface area (Å²) in [5.74, 6) is -3.47. The van der Waals surface area contributed by atoms with Crippen molar-refractivity contribution in [2.75, 3.05) is 6.61 Å². The molecule has 0 aliphatic carbocycles. The summed E-state index contributed by atoms with van der Waals surface area (Å²) >= 11 is 11.8. The van der Waals surface area contributed by atoms with Crippen LogP contribution < -0.4 is 19.6 Å². The smallest absolute Gasteiger partial charge is 0.453 e. The van der Waals surface area contributed by atoms with Crippen molar-refractivity contribution in [3.8, 4) is 23.0 Å². The third-order valence-corrected chi connectivity index (χ3v) is 5.04. The van der Waals surface area contributed by atoms with Crippen molar-refractivity contribution in [3.63, 3.8) is 0 Å². The lowest BCUT2D eigenvalue weighted by Gasteiger charge is -2.13. The first-order valence-corrected chi connectivity index (χ1v) is 10.6. The zero-order chi connectivity index (χ0) is 25.2. The lowest BCUT2D eigenvalue weighted by molar-refractivity contribution is -0.154. The summed E-state index contributed by atoms with van der Waals surface area (Å²) in [6, 6.07) is 15.3. The van der Waals surface area contributed by atoms with Gasteiger partial charge in [-0.05, 0) is 42.5 Å². The molecule has 1 heterocycles. The lowest BCUT2D eigenvalue weighted by Crippen LogP contribution is -2.18. The molecule has 0 radical (unpaired) electrons. The molecular weight excluding hydrogens is 512 g/mol. The van der Waals surface area contributed by atoms with Crippen LogP contribution in [-0.4, -0.2) is 12.6 Å². The summed E-state index contributed by atoms with van der Waals surface area (Å²) in [4.78, 5) is 25.0. The number of hydrogen-bond acceptors (Lipinski definition) is 6. The van der Waals surface area contributed by atoms with Gasteiger partial charge in [0.05, 0.1) is 10.4 Å². The molecule has 4 aromatic rings. The first-order valence-electron chi connectivity index (χ1n) is 9.81. The van der Waals surface area contributed by atoms with E-state index in [1.54, 1.807) is 6.07 Å². The van der Waals surface area contributed by atoms with Crippen LogP contribution in [0.25, 0.3) is 11.0 Å². The van der Waals surface area contributed by atoms with E-state index in [1.165, 1.54) is 54.6 Å². The molecule has 0 fully saturated rings. The number of carbonyl (C=O) groups excluding carboxylic acids is 1. The van der Waals surface area contributed by atoms with Gasteiger partial charge >= 0.3 is 12.1 Å². The van der Waals surface area contributed by atoms with Crippen molar-refractivity contribution >= 4 is 40.1 Å². The van der Waals surface area contributed by atoms with E-state index in [2.05, 4.69) is 0 Å². The highest BCUT2D eigenvalue weighted by Gasteiger charge is 2.40. The van der Waals surface area contributed by atoms with E-state index in [0.29, 0.717) is 5.02 Å². The van der Waals surface area contributed by atoms with E-state index >= 15 is 0 Å². The summed E-state index contributed by atoms with van der Waals surface area (Å²) in [6.45, 7) is -0.555. The molecule has 35 heavy (non-hydrogen) atoms.